The van der Waals surface area contributed by atoms with Crippen LogP contribution in [0.1, 0.15) is 43.6 Å². The molecular formula is C15H24N4O2. The molecule has 1 aromatic rings. The van der Waals surface area contributed by atoms with E-state index in [9.17, 15) is 4.79 Å². The third kappa shape index (κ3) is 3.11. The van der Waals surface area contributed by atoms with Gasteiger partial charge in [-0.1, -0.05) is 0 Å². The fourth-order valence-electron chi connectivity index (χ4n) is 3.15. The number of nitrogens with one attached hydrogen (secondary N) is 1. The van der Waals surface area contributed by atoms with Crippen LogP contribution < -0.4 is 5.32 Å². The molecule has 0 saturated carbocycles. The number of carbonyl (C=O) groups excluding carboxylic acids is 1. The summed E-state index contributed by atoms with van der Waals surface area (Å²) in [5.41, 5.74) is 0.637. The lowest BCUT2D eigenvalue weighted by atomic mass is 10.1. The van der Waals surface area contributed by atoms with Gasteiger partial charge in [0, 0.05) is 37.4 Å². The molecule has 21 heavy (non-hydrogen) atoms. The molecule has 2 aliphatic rings. The molecule has 6 heteroatoms. The van der Waals surface area contributed by atoms with Crippen molar-refractivity contribution in [3.8, 4) is 0 Å². The van der Waals surface area contributed by atoms with Gasteiger partial charge in [-0.2, -0.15) is 5.10 Å². The second kappa shape index (κ2) is 5.77. The van der Waals surface area contributed by atoms with Gasteiger partial charge in [-0.15, -0.1) is 0 Å². The highest BCUT2D eigenvalue weighted by Crippen LogP contribution is 2.23. The van der Waals surface area contributed by atoms with E-state index in [1.807, 2.05) is 24.7 Å². The van der Waals surface area contributed by atoms with Gasteiger partial charge in [0.05, 0.1) is 24.5 Å². The molecule has 6 nitrogen and oxygen atoms in total. The van der Waals surface area contributed by atoms with Gasteiger partial charge in [-0.25, -0.2) is 0 Å². The van der Waals surface area contributed by atoms with Gasteiger partial charge in [0.1, 0.15) is 0 Å². The number of morpholine rings is 1. The summed E-state index contributed by atoms with van der Waals surface area (Å²) in [5, 5.41) is 7.35. The average Bonchev–Trinajstić information content (AvgIpc) is 3.03. The Labute approximate surface area is 125 Å². The molecule has 3 rings (SSSR count). The van der Waals surface area contributed by atoms with E-state index in [2.05, 4.69) is 22.2 Å². The normalized spacial score (nSPS) is 29.6. The Morgan fingerprint density at radius 3 is 3.00 bits per heavy atom. The smallest absolute Gasteiger partial charge is 0.254 e. The summed E-state index contributed by atoms with van der Waals surface area (Å²) in [5.74, 6) is -0.0271. The lowest BCUT2D eigenvalue weighted by Crippen LogP contribution is -2.45. The predicted molar refractivity (Wildman–Crippen MR) is 79.3 cm³/mol. The summed E-state index contributed by atoms with van der Waals surface area (Å²) in [6, 6.07) is 0.925. The van der Waals surface area contributed by atoms with Gasteiger partial charge >= 0.3 is 0 Å². The van der Waals surface area contributed by atoms with Crippen LogP contribution in [0.3, 0.4) is 0 Å². The van der Waals surface area contributed by atoms with Crippen molar-refractivity contribution in [1.29, 1.82) is 0 Å². The number of carbonyl (C=O) groups is 1. The molecule has 116 valence electrons. The molecule has 3 atom stereocenters. The maximum absolute atomic E-state index is 12.3. The van der Waals surface area contributed by atoms with Crippen molar-refractivity contribution >= 4 is 5.91 Å². The van der Waals surface area contributed by atoms with Gasteiger partial charge in [-0.05, 0) is 27.2 Å². The minimum absolute atomic E-state index is 0.0271. The summed E-state index contributed by atoms with van der Waals surface area (Å²) >= 11 is 0. The Morgan fingerprint density at radius 1 is 1.48 bits per heavy atom. The summed E-state index contributed by atoms with van der Waals surface area (Å²) in [7, 11) is 0. The summed E-state index contributed by atoms with van der Waals surface area (Å²) in [6.07, 6.45) is 4.72. The number of rotatable bonds is 3. The number of amides is 1. The van der Waals surface area contributed by atoms with Gasteiger partial charge < -0.3 is 10.1 Å². The second-order valence-corrected chi connectivity index (χ2v) is 6.46. The summed E-state index contributed by atoms with van der Waals surface area (Å²) in [6.45, 7) is 8.85. The minimum atomic E-state index is -0.0271. The van der Waals surface area contributed by atoms with E-state index >= 15 is 0 Å². The zero-order chi connectivity index (χ0) is 15.0. The lowest BCUT2D eigenvalue weighted by Gasteiger charge is -2.33. The molecule has 0 aromatic carbocycles. The van der Waals surface area contributed by atoms with Crippen molar-refractivity contribution in [3.05, 3.63) is 18.0 Å². The topological polar surface area (TPSA) is 59.4 Å². The van der Waals surface area contributed by atoms with Gasteiger partial charge in [-0.3, -0.25) is 14.4 Å². The van der Waals surface area contributed by atoms with E-state index in [0.29, 0.717) is 17.7 Å². The van der Waals surface area contributed by atoms with Crippen LogP contribution in [0, 0.1) is 0 Å². The number of fused-ring (bicyclic) bond motifs is 1. The molecule has 0 aliphatic carbocycles. The van der Waals surface area contributed by atoms with Gasteiger partial charge in [0.25, 0.3) is 5.91 Å². The number of hydrogen-bond donors (Lipinski definition) is 1. The fraction of sp³-hybridized carbons (Fsp3) is 0.733. The molecule has 1 amide bonds. The highest BCUT2D eigenvalue weighted by Gasteiger charge is 2.36. The van der Waals surface area contributed by atoms with Crippen LogP contribution >= 0.6 is 0 Å². The molecule has 1 N–H and O–H groups in total. The molecule has 0 radical (unpaired) electrons. The third-order valence-corrected chi connectivity index (χ3v) is 4.32. The fourth-order valence-corrected chi connectivity index (χ4v) is 3.15. The molecule has 0 bridgehead atoms. The van der Waals surface area contributed by atoms with Crippen LogP contribution in [-0.4, -0.2) is 58.5 Å². The third-order valence-electron chi connectivity index (χ3n) is 4.32. The summed E-state index contributed by atoms with van der Waals surface area (Å²) < 4.78 is 7.50. The first kappa shape index (κ1) is 14.5. The number of nitrogens with zero attached hydrogens (tertiary/aromatic N) is 3. The Morgan fingerprint density at radius 2 is 2.29 bits per heavy atom. The van der Waals surface area contributed by atoms with Crippen molar-refractivity contribution in [3.63, 3.8) is 0 Å². The van der Waals surface area contributed by atoms with E-state index in [0.717, 1.165) is 26.1 Å². The van der Waals surface area contributed by atoms with E-state index in [1.54, 1.807) is 6.20 Å². The van der Waals surface area contributed by atoms with E-state index in [4.69, 9.17) is 4.74 Å². The van der Waals surface area contributed by atoms with Crippen molar-refractivity contribution in [1.82, 2.24) is 20.0 Å². The predicted octanol–water partition coefficient (Wildman–Crippen LogP) is 1.06. The maximum atomic E-state index is 12.3. The minimum Gasteiger partial charge on any atom is -0.376 e. The van der Waals surface area contributed by atoms with Crippen LogP contribution in [0.15, 0.2) is 12.4 Å². The van der Waals surface area contributed by atoms with Crippen molar-refractivity contribution in [2.24, 2.45) is 0 Å². The van der Waals surface area contributed by atoms with Crippen LogP contribution in [0.5, 0.6) is 0 Å². The van der Waals surface area contributed by atoms with Crippen LogP contribution in [0.2, 0.25) is 0 Å². The first-order chi connectivity index (χ1) is 10.0. The first-order valence-electron chi connectivity index (χ1n) is 7.73. The quantitative estimate of drug-likeness (QED) is 0.905. The largest absolute Gasteiger partial charge is 0.376 e. The molecule has 2 fully saturated rings. The molecule has 2 saturated heterocycles. The maximum Gasteiger partial charge on any atom is 0.254 e. The number of hydrogen-bond acceptors (Lipinski definition) is 4. The Kier molecular flexibility index (Phi) is 3.99. The van der Waals surface area contributed by atoms with Crippen molar-refractivity contribution < 1.29 is 9.53 Å². The Hall–Kier alpha value is -1.40. The van der Waals surface area contributed by atoms with Crippen LogP contribution in [0.4, 0.5) is 0 Å². The highest BCUT2D eigenvalue weighted by molar-refractivity contribution is 5.93. The van der Waals surface area contributed by atoms with E-state index in [-0.39, 0.29) is 18.0 Å². The van der Waals surface area contributed by atoms with Crippen molar-refractivity contribution in [2.75, 3.05) is 19.7 Å². The molecule has 1 aromatic heterocycles. The average molecular weight is 292 g/mol. The van der Waals surface area contributed by atoms with Crippen LogP contribution in [-0.2, 0) is 4.74 Å². The van der Waals surface area contributed by atoms with Crippen LogP contribution in [0.25, 0.3) is 0 Å². The van der Waals surface area contributed by atoms with E-state index < -0.39 is 0 Å². The molecule has 0 spiro atoms. The molecule has 2 aliphatic heterocycles. The Bertz CT molecular complexity index is 514. The molecular weight excluding hydrogens is 268 g/mol. The van der Waals surface area contributed by atoms with Gasteiger partial charge in [0.2, 0.25) is 0 Å². The zero-order valence-corrected chi connectivity index (χ0v) is 13.0. The monoisotopic (exact) mass is 292 g/mol. The van der Waals surface area contributed by atoms with Gasteiger partial charge in [0.15, 0.2) is 0 Å². The second-order valence-electron chi connectivity index (χ2n) is 6.46. The zero-order valence-electron chi connectivity index (χ0n) is 13.0. The molecule has 3 heterocycles. The molecule has 0 unspecified atom stereocenters. The highest BCUT2D eigenvalue weighted by atomic mass is 16.5. The summed E-state index contributed by atoms with van der Waals surface area (Å²) in [4.78, 5) is 14.7. The SMILES string of the molecule is CC(C)n1cc(C(=O)N[C@H]2C[C@H]3CO[C@@H](C)CN3C2)cn1. The standard InChI is InChI=1S/C15H24N4O2/c1-10(2)19-7-12(5-16-19)15(20)17-13-4-14-9-21-11(3)6-18(14)8-13/h5,7,10-11,13-14H,4,6,8-9H2,1-3H3,(H,17,20)/t11-,13-,14-/m0/s1. The number of ether oxygens (including phenoxy) is 1. The van der Waals surface area contributed by atoms with E-state index in [1.165, 1.54) is 0 Å². The van der Waals surface area contributed by atoms with Crippen molar-refractivity contribution in [2.45, 2.75) is 51.4 Å². The lowest BCUT2D eigenvalue weighted by molar-refractivity contribution is -0.0390. The Balaban J connectivity index is 1.58. The number of aromatic nitrogens is 2. The first-order valence-corrected chi connectivity index (χ1v) is 7.73.